The number of carbonyl (C=O) groups is 1. The van der Waals surface area contributed by atoms with Gasteiger partial charge in [-0.15, -0.1) is 0 Å². The van der Waals surface area contributed by atoms with Crippen LogP contribution in [-0.2, 0) is 11.3 Å². The number of amides is 1. The van der Waals surface area contributed by atoms with E-state index < -0.39 is 0 Å². The van der Waals surface area contributed by atoms with E-state index in [9.17, 15) is 9.59 Å². The number of rotatable bonds is 3. The Bertz CT molecular complexity index is 534. The summed E-state index contributed by atoms with van der Waals surface area (Å²) in [4.78, 5) is 23.7. The molecule has 1 aliphatic heterocycles. The minimum Gasteiger partial charge on any atom is -0.350 e. The molecule has 19 heavy (non-hydrogen) atoms. The number of hydrogen-bond donors (Lipinski definition) is 2. The quantitative estimate of drug-likeness (QED) is 0.830. The molecule has 1 unspecified atom stereocenters. The molecule has 1 aliphatic rings. The molecule has 1 aromatic heterocycles. The highest BCUT2D eigenvalue weighted by atomic mass is 16.2. The molecule has 5 heteroatoms. The van der Waals surface area contributed by atoms with Crippen LogP contribution in [0.1, 0.15) is 25.8 Å². The first-order chi connectivity index (χ1) is 8.88. The molecule has 1 aromatic rings. The van der Waals surface area contributed by atoms with Gasteiger partial charge in [-0.25, -0.2) is 0 Å². The average molecular weight is 263 g/mol. The van der Waals surface area contributed by atoms with Crippen molar-refractivity contribution in [2.24, 2.45) is 0 Å². The Morgan fingerprint density at radius 2 is 2.32 bits per heavy atom. The highest BCUT2D eigenvalue weighted by molar-refractivity contribution is 5.76. The van der Waals surface area contributed by atoms with Crippen molar-refractivity contribution in [2.75, 3.05) is 6.54 Å². The van der Waals surface area contributed by atoms with Crippen molar-refractivity contribution >= 4 is 5.91 Å². The van der Waals surface area contributed by atoms with Gasteiger partial charge in [-0.05, 0) is 45.4 Å². The maximum Gasteiger partial charge on any atom is 0.251 e. The minimum atomic E-state index is -0.140. The van der Waals surface area contributed by atoms with Crippen LogP contribution in [0.4, 0.5) is 0 Å². The number of hydrogen-bond acceptors (Lipinski definition) is 3. The molecule has 0 bridgehead atoms. The van der Waals surface area contributed by atoms with Crippen molar-refractivity contribution in [3.05, 3.63) is 34.2 Å². The lowest BCUT2D eigenvalue weighted by atomic mass is 9.97. The first-order valence-electron chi connectivity index (χ1n) is 6.60. The Morgan fingerprint density at radius 3 is 2.89 bits per heavy atom. The van der Waals surface area contributed by atoms with Crippen LogP contribution in [0.25, 0.3) is 0 Å². The maximum atomic E-state index is 12.0. The zero-order chi connectivity index (χ0) is 14.0. The fraction of sp³-hybridized carbons (Fsp3) is 0.571. The second-order valence-corrected chi connectivity index (χ2v) is 5.73. The summed E-state index contributed by atoms with van der Waals surface area (Å²) in [6.45, 7) is 6.98. The van der Waals surface area contributed by atoms with Gasteiger partial charge >= 0.3 is 0 Å². The molecule has 2 N–H and O–H groups in total. The first kappa shape index (κ1) is 13.8. The van der Waals surface area contributed by atoms with E-state index in [4.69, 9.17) is 0 Å². The van der Waals surface area contributed by atoms with Gasteiger partial charge in [0.05, 0.1) is 0 Å². The van der Waals surface area contributed by atoms with Crippen LogP contribution in [0.15, 0.2) is 23.1 Å². The van der Waals surface area contributed by atoms with E-state index in [1.54, 1.807) is 6.20 Å². The third kappa shape index (κ3) is 3.23. The molecule has 0 radical (unpaired) electrons. The molecule has 104 valence electrons. The number of nitrogens with one attached hydrogen (secondary N) is 2. The van der Waals surface area contributed by atoms with Crippen molar-refractivity contribution in [3.8, 4) is 0 Å². The van der Waals surface area contributed by atoms with Crippen LogP contribution < -0.4 is 16.2 Å². The van der Waals surface area contributed by atoms with E-state index in [-0.39, 0.29) is 29.6 Å². The van der Waals surface area contributed by atoms with E-state index >= 15 is 0 Å². The molecule has 5 nitrogen and oxygen atoms in total. The van der Waals surface area contributed by atoms with Crippen molar-refractivity contribution in [1.29, 1.82) is 0 Å². The maximum absolute atomic E-state index is 12.0. The van der Waals surface area contributed by atoms with Gasteiger partial charge < -0.3 is 15.2 Å². The average Bonchev–Trinajstić information content (AvgIpc) is 2.62. The molecular formula is C14H21N3O2. The van der Waals surface area contributed by atoms with Gasteiger partial charge in [0.25, 0.3) is 5.56 Å². The molecule has 1 fully saturated rings. The summed E-state index contributed by atoms with van der Waals surface area (Å²) < 4.78 is 1.43. The van der Waals surface area contributed by atoms with E-state index in [1.807, 2.05) is 13.0 Å². The van der Waals surface area contributed by atoms with Gasteiger partial charge in [-0.1, -0.05) is 0 Å². The lowest BCUT2D eigenvalue weighted by Gasteiger charge is -2.27. The van der Waals surface area contributed by atoms with Crippen LogP contribution in [-0.4, -0.2) is 28.6 Å². The van der Waals surface area contributed by atoms with Crippen molar-refractivity contribution in [2.45, 2.75) is 45.3 Å². The Morgan fingerprint density at radius 1 is 1.58 bits per heavy atom. The van der Waals surface area contributed by atoms with Crippen LogP contribution >= 0.6 is 0 Å². The van der Waals surface area contributed by atoms with Gasteiger partial charge in [-0.3, -0.25) is 9.59 Å². The summed E-state index contributed by atoms with van der Waals surface area (Å²) >= 11 is 0. The lowest BCUT2D eigenvalue weighted by molar-refractivity contribution is -0.122. The zero-order valence-corrected chi connectivity index (χ0v) is 11.7. The Hall–Kier alpha value is -1.62. The van der Waals surface area contributed by atoms with Crippen molar-refractivity contribution in [1.82, 2.24) is 15.2 Å². The summed E-state index contributed by atoms with van der Waals surface area (Å²) in [7, 11) is 0. The Kier molecular flexibility index (Phi) is 3.75. The standard InChI is InChI=1S/C14H21N3O2/c1-10-5-7-17(13(19)8-10)9-12(18)16-11-4-6-15-14(11,2)3/h5,7-8,11,15H,4,6,9H2,1-3H3,(H,16,18). The number of nitrogens with zero attached hydrogens (tertiary/aromatic N) is 1. The van der Waals surface area contributed by atoms with Gasteiger partial charge in [0.2, 0.25) is 5.91 Å². The number of aromatic nitrogens is 1. The second kappa shape index (κ2) is 5.17. The predicted octanol–water partition coefficient (Wildman–Crippen LogP) is 0.413. The van der Waals surface area contributed by atoms with E-state index in [2.05, 4.69) is 24.5 Å². The van der Waals surface area contributed by atoms with E-state index in [1.165, 1.54) is 10.6 Å². The molecular weight excluding hydrogens is 242 g/mol. The first-order valence-corrected chi connectivity index (χ1v) is 6.60. The molecule has 1 atom stereocenters. The number of aryl methyl sites for hydroxylation is 1. The minimum absolute atomic E-state index is 0.0751. The summed E-state index contributed by atoms with van der Waals surface area (Å²) in [5.41, 5.74) is 0.676. The van der Waals surface area contributed by atoms with Gasteiger partial charge in [-0.2, -0.15) is 0 Å². The SMILES string of the molecule is Cc1ccn(CC(=O)NC2CCNC2(C)C)c(=O)c1. The summed E-state index contributed by atoms with van der Waals surface area (Å²) in [5.74, 6) is -0.118. The number of carbonyl (C=O) groups excluding carboxylic acids is 1. The second-order valence-electron chi connectivity index (χ2n) is 5.73. The molecule has 2 rings (SSSR count). The topological polar surface area (TPSA) is 63.1 Å². The molecule has 1 amide bonds. The lowest BCUT2D eigenvalue weighted by Crippen LogP contribution is -2.51. The van der Waals surface area contributed by atoms with Gasteiger partial charge in [0.15, 0.2) is 0 Å². The highest BCUT2D eigenvalue weighted by Crippen LogP contribution is 2.18. The largest absolute Gasteiger partial charge is 0.350 e. The smallest absolute Gasteiger partial charge is 0.251 e. The molecule has 0 aliphatic carbocycles. The summed E-state index contributed by atoms with van der Waals surface area (Å²) in [6, 6.07) is 3.48. The van der Waals surface area contributed by atoms with Crippen molar-refractivity contribution < 1.29 is 4.79 Å². The molecule has 2 heterocycles. The molecule has 0 saturated carbocycles. The molecule has 0 spiro atoms. The summed E-state index contributed by atoms with van der Waals surface area (Å²) in [6.07, 6.45) is 2.58. The van der Waals surface area contributed by atoms with E-state index in [0.29, 0.717) is 0 Å². The Balaban J connectivity index is 2.00. The third-order valence-electron chi connectivity index (χ3n) is 3.69. The molecule has 0 aromatic carbocycles. The molecule has 1 saturated heterocycles. The number of pyridine rings is 1. The monoisotopic (exact) mass is 263 g/mol. The third-order valence-corrected chi connectivity index (χ3v) is 3.69. The van der Waals surface area contributed by atoms with Crippen LogP contribution in [0.3, 0.4) is 0 Å². The zero-order valence-electron chi connectivity index (χ0n) is 11.7. The highest BCUT2D eigenvalue weighted by Gasteiger charge is 2.34. The fourth-order valence-corrected chi connectivity index (χ4v) is 2.41. The van der Waals surface area contributed by atoms with Crippen LogP contribution in [0.5, 0.6) is 0 Å². The summed E-state index contributed by atoms with van der Waals surface area (Å²) in [5, 5.41) is 6.35. The fourth-order valence-electron chi connectivity index (χ4n) is 2.41. The van der Waals surface area contributed by atoms with Gasteiger partial charge in [0, 0.05) is 23.8 Å². The normalized spacial score (nSPS) is 21.3. The van der Waals surface area contributed by atoms with Crippen LogP contribution in [0.2, 0.25) is 0 Å². The van der Waals surface area contributed by atoms with E-state index in [0.717, 1.165) is 18.5 Å². The van der Waals surface area contributed by atoms with Gasteiger partial charge in [0.1, 0.15) is 6.54 Å². The predicted molar refractivity (Wildman–Crippen MR) is 74.1 cm³/mol. The van der Waals surface area contributed by atoms with Crippen molar-refractivity contribution in [3.63, 3.8) is 0 Å². The van der Waals surface area contributed by atoms with Crippen LogP contribution in [0, 0.1) is 6.92 Å². The Labute approximate surface area is 113 Å².